The van der Waals surface area contributed by atoms with Gasteiger partial charge in [-0.15, -0.1) is 0 Å². The molecule has 0 aliphatic carbocycles. The number of nitrogen functional groups attached to an aromatic ring is 4. The highest BCUT2D eigenvalue weighted by atomic mass is 32.5. The molecule has 0 amide bonds. The van der Waals surface area contributed by atoms with E-state index in [4.69, 9.17) is 109 Å². The van der Waals surface area contributed by atoms with E-state index in [-0.39, 0.29) is 67.9 Å². The molecule has 0 radical (unpaired) electrons. The Balaban J connectivity index is 0.751. The van der Waals surface area contributed by atoms with Gasteiger partial charge in [0.2, 0.25) is 0 Å². The second-order valence-electron chi connectivity index (χ2n) is 19.8. The van der Waals surface area contributed by atoms with Crippen molar-refractivity contribution in [2.75, 3.05) is 49.4 Å². The Morgan fingerprint density at radius 3 is 0.921 bits per heavy atom. The van der Waals surface area contributed by atoms with Crippen molar-refractivity contribution in [3.05, 3.63) is 50.6 Å². The highest BCUT2D eigenvalue weighted by Gasteiger charge is 2.54. The summed E-state index contributed by atoms with van der Waals surface area (Å²) in [6.07, 6.45) is -15.9. The second-order valence-corrected chi connectivity index (χ2v) is 30.9. The fraction of sp³-hybridized carbons (Fsp3) is 0.500. The minimum absolute atomic E-state index is 0.0203. The fourth-order valence-corrected chi connectivity index (χ4v) is 14.9. The molecule has 3 unspecified atom stereocenters. The molecule has 4 aliphatic rings. The number of aliphatic hydroxyl groups excluding tert-OH is 5. The second kappa shape index (κ2) is 24.9. The normalized spacial score (nSPS) is 31.3. The average Bonchev–Trinajstić information content (AvgIpc) is 1.70. The predicted molar refractivity (Wildman–Crippen MR) is 311 cm³/mol. The number of fused-ring (bicyclic) bond motifs is 4. The van der Waals surface area contributed by atoms with Crippen molar-refractivity contribution in [2.45, 2.75) is 98.2 Å². The van der Waals surface area contributed by atoms with Crippen LogP contribution in [0, 0.1) is 0 Å². The van der Waals surface area contributed by atoms with Crippen LogP contribution in [0.25, 0.3) is 44.7 Å². The first-order valence-electron chi connectivity index (χ1n) is 25.6. The van der Waals surface area contributed by atoms with Gasteiger partial charge in [0.25, 0.3) is 0 Å². The van der Waals surface area contributed by atoms with E-state index in [1.165, 1.54) is 49.9 Å². The maximum absolute atomic E-state index is 12.0. The minimum Gasteiger partial charge on any atom is -0.387 e. The summed E-state index contributed by atoms with van der Waals surface area (Å²) in [5.74, 6) is -0.0724. The van der Waals surface area contributed by atoms with Gasteiger partial charge in [-0.1, -0.05) is 0 Å². The summed E-state index contributed by atoms with van der Waals surface area (Å²) in [6.45, 7) is -21.1. The van der Waals surface area contributed by atoms with Crippen LogP contribution in [0.15, 0.2) is 50.6 Å². The molecule has 4 aliphatic heterocycles. The zero-order valence-corrected chi connectivity index (χ0v) is 51.4. The summed E-state index contributed by atoms with van der Waals surface area (Å²) >= 11 is 20.9. The lowest BCUT2D eigenvalue weighted by Crippen LogP contribution is -2.37. The van der Waals surface area contributed by atoms with Crippen LogP contribution in [0.2, 0.25) is 0 Å². The third kappa shape index (κ3) is 12.9. The van der Waals surface area contributed by atoms with Crippen molar-refractivity contribution in [2.24, 2.45) is 0 Å². The summed E-state index contributed by atoms with van der Waals surface area (Å²) in [6, 6.07) is 0. The quantitative estimate of drug-likeness (QED) is 0.0289. The van der Waals surface area contributed by atoms with E-state index in [1.807, 2.05) is 0 Å². The molecule has 0 spiro atoms. The van der Waals surface area contributed by atoms with Crippen molar-refractivity contribution < 1.29 is 101 Å². The number of nitrogens with zero attached hydrogens (tertiary/aromatic N) is 16. The van der Waals surface area contributed by atoms with Crippen LogP contribution >= 0.6 is 26.9 Å². The monoisotopic (exact) mass is 1400 g/mol. The lowest BCUT2D eigenvalue weighted by molar-refractivity contribution is -0.0598. The third-order valence-corrected chi connectivity index (χ3v) is 19.8. The Kier molecular flexibility index (Phi) is 18.0. The standard InChI is InChI=1S/C40H50N20O21P4S4/c41-29-17-33(49-5-45-29)57(9-53-17)37-25(65)21(61)13(75-37)2-72-83(68,87)80-27-23(63)15(77-39(27)59-11-55-19-31(43)47-7-51-35(19)59)4-74-85(70,89)81-28-24(64)16(78-40(28)60-12-56-20-32(44)48-8-52-36(20)60)3-73-84(69,88)79-26-22(62)14(1-71-82(66,67)86)76-38(26)58-10-54-18-30(42)46-6-50-34(18)58/h5-16,21-28,37-40,61-65H,1-4H2,(H,68,87)(H,69,88)(H,70,89)(H2,41,45,49)(H2,42,46,50)(H2,43,47,51)(H2,44,48,52)(H2,66,67,86)/t13-,14-,15-,16-,21-,22-,23-,24-,25-,26-,27-,28-,37-,38-,39-,40-,83?,84?,85?/m1/s1. The molecule has 49 heteroatoms. The SMILES string of the molecule is Nc1ncnc2c1ncn2[C@@H]1O[C@H](COP(O)(=S)O[C@@H]2[C@H](O)[C@@H](COP(O)(=S)O[C@@H]3[C@H](O)[C@@H](COP(O)(=S)O[C@@H]4[C@H](O)[C@@H](COP(O)(O)=S)O[C@H]4n4cnc5c(N)ncnc54)O[C@H]3n3cnc4c(N)ncnc43)O[C@H]2n2cnc3c(N)ncnc32)[C@@H](O)[C@H]1O. The van der Waals surface area contributed by atoms with Crippen molar-refractivity contribution in [3.8, 4) is 0 Å². The van der Waals surface area contributed by atoms with Crippen LogP contribution in [0.4, 0.5) is 23.3 Å². The number of aliphatic hydroxyl groups is 5. The highest BCUT2D eigenvalue weighted by Crippen LogP contribution is 2.55. The molecule has 0 aromatic carbocycles. The van der Waals surface area contributed by atoms with Gasteiger partial charge in [-0.2, -0.15) is 0 Å². The van der Waals surface area contributed by atoms with E-state index >= 15 is 0 Å². The topological polar surface area (TPSA) is 582 Å². The zero-order valence-electron chi connectivity index (χ0n) is 44.5. The fourth-order valence-electron chi connectivity index (χ4n) is 10.1. The Morgan fingerprint density at radius 2 is 0.629 bits per heavy atom. The van der Waals surface area contributed by atoms with Crippen LogP contribution in [0.3, 0.4) is 0 Å². The Morgan fingerprint density at radius 1 is 0.371 bits per heavy atom. The lowest BCUT2D eigenvalue weighted by atomic mass is 10.1. The number of aromatic nitrogens is 16. The summed E-state index contributed by atoms with van der Waals surface area (Å²) in [5, 5.41) is 57.6. The van der Waals surface area contributed by atoms with Gasteiger partial charge in [0.1, 0.15) is 121 Å². The number of hydrogen-bond acceptors (Lipinski definition) is 36. The van der Waals surface area contributed by atoms with Crippen LogP contribution in [-0.4, -0.2) is 228 Å². The summed E-state index contributed by atoms with van der Waals surface area (Å²) in [5.41, 5.74) is 24.9. The van der Waals surface area contributed by atoms with Gasteiger partial charge in [0.05, 0.1) is 51.7 Å². The van der Waals surface area contributed by atoms with Gasteiger partial charge in [-0.3, -0.25) is 31.8 Å². The molecule has 0 bridgehead atoms. The molecule has 4 fully saturated rings. The first-order chi connectivity index (χ1) is 42.2. The molecule has 19 atom stereocenters. The molecule has 12 rings (SSSR count). The highest BCUT2D eigenvalue weighted by molar-refractivity contribution is 8.08. The molecule has 0 saturated carbocycles. The van der Waals surface area contributed by atoms with E-state index in [1.54, 1.807) is 0 Å². The third-order valence-electron chi connectivity index (χ3n) is 14.3. The smallest absolute Gasteiger partial charge is 0.325 e. The van der Waals surface area contributed by atoms with Crippen molar-refractivity contribution in [1.29, 1.82) is 0 Å². The molecule has 4 saturated heterocycles. The van der Waals surface area contributed by atoms with Gasteiger partial charge >= 0.3 is 26.9 Å². The number of anilines is 4. The van der Waals surface area contributed by atoms with Gasteiger partial charge < -0.3 is 110 Å². The van der Waals surface area contributed by atoms with Gasteiger partial charge in [0.15, 0.2) is 70.8 Å². The number of ether oxygens (including phenoxy) is 4. The maximum Gasteiger partial charge on any atom is 0.325 e. The van der Waals surface area contributed by atoms with Crippen LogP contribution < -0.4 is 22.9 Å². The molecule has 12 heterocycles. The minimum atomic E-state index is -4.70. The maximum atomic E-state index is 12.0. The molecule has 8 aromatic heterocycles. The number of hydrogen-bond donors (Lipinski definition) is 14. The summed E-state index contributed by atoms with van der Waals surface area (Å²) < 4.78 is 69.5. The van der Waals surface area contributed by atoms with Gasteiger partial charge in [-0.05, 0) is 47.2 Å². The lowest BCUT2D eigenvalue weighted by Gasteiger charge is -2.27. The van der Waals surface area contributed by atoms with E-state index < -0.39 is 151 Å². The number of nitrogens with two attached hydrogens (primary N) is 4. The largest absolute Gasteiger partial charge is 0.387 e. The van der Waals surface area contributed by atoms with E-state index in [9.17, 15) is 50.0 Å². The molecule has 8 aromatic rings. The Labute approximate surface area is 516 Å². The number of imidazole rings is 4. The molecule has 89 heavy (non-hydrogen) atoms. The molecule has 41 nitrogen and oxygen atoms in total. The Bertz CT molecular complexity index is 4160. The van der Waals surface area contributed by atoms with E-state index in [0.717, 1.165) is 19.0 Å². The van der Waals surface area contributed by atoms with E-state index in [2.05, 4.69) is 71.6 Å². The van der Waals surface area contributed by atoms with E-state index in [0.29, 0.717) is 0 Å². The molecular formula is C40H50N20O21P4S4. The van der Waals surface area contributed by atoms with Crippen molar-refractivity contribution >= 4 is 142 Å². The summed E-state index contributed by atoms with van der Waals surface area (Å²) in [4.78, 5) is 104. The van der Waals surface area contributed by atoms with Crippen molar-refractivity contribution in [1.82, 2.24) is 78.1 Å². The first-order valence-corrected chi connectivity index (χ1v) is 36.0. The Hall–Kier alpha value is -4.84. The van der Waals surface area contributed by atoms with Crippen LogP contribution in [0.5, 0.6) is 0 Å². The molecule has 480 valence electrons. The van der Waals surface area contributed by atoms with Gasteiger partial charge in [0, 0.05) is 0 Å². The predicted octanol–water partition coefficient (Wildman–Crippen LogP) is -3.85. The molecule has 18 N–H and O–H groups in total. The first kappa shape index (κ1) is 64.3. The van der Waals surface area contributed by atoms with Crippen LogP contribution in [0.1, 0.15) is 24.9 Å². The zero-order chi connectivity index (χ0) is 63.2. The summed E-state index contributed by atoms with van der Waals surface area (Å²) in [7, 11) is 0. The van der Waals surface area contributed by atoms with Gasteiger partial charge in [-0.25, -0.2) is 59.8 Å². The van der Waals surface area contributed by atoms with Crippen LogP contribution in [-0.2, 0) is 97.8 Å². The number of rotatable bonds is 22. The van der Waals surface area contributed by atoms with Crippen molar-refractivity contribution in [3.63, 3.8) is 0 Å². The average molecular weight is 1400 g/mol. The molecular weight excluding hydrogens is 1350 g/mol.